The third-order valence-corrected chi connectivity index (χ3v) is 3.01. The predicted molar refractivity (Wildman–Crippen MR) is 76.6 cm³/mol. The zero-order valence-corrected chi connectivity index (χ0v) is 11.9. The van der Waals surface area contributed by atoms with E-state index in [-0.39, 0.29) is 6.15 Å². The molecule has 0 aromatic heterocycles. The summed E-state index contributed by atoms with van der Waals surface area (Å²) in [6, 6.07) is 16.0. The molecule has 0 saturated carbocycles. The van der Waals surface area contributed by atoms with Crippen LogP contribution in [0.3, 0.4) is 0 Å². The van der Waals surface area contributed by atoms with Crippen molar-refractivity contribution in [1.82, 2.24) is 0 Å². The summed E-state index contributed by atoms with van der Waals surface area (Å²) in [7, 11) is 0. The van der Waals surface area contributed by atoms with Gasteiger partial charge in [-0.15, -0.1) is 0 Å². The lowest BCUT2D eigenvalue weighted by atomic mass is 10.1. The molecule has 0 atom stereocenters. The van der Waals surface area contributed by atoms with Crippen molar-refractivity contribution in [1.29, 1.82) is 0 Å². The van der Waals surface area contributed by atoms with Crippen molar-refractivity contribution in [3.8, 4) is 5.75 Å². The number of halogens is 1. The monoisotopic (exact) mass is 290 g/mol. The van der Waals surface area contributed by atoms with Crippen molar-refractivity contribution in [2.45, 2.75) is 20.0 Å². The minimum Gasteiger partial charge on any atom is -0.489 e. The molecule has 0 spiro atoms. The lowest BCUT2D eigenvalue weighted by molar-refractivity contribution is -0.191. The van der Waals surface area contributed by atoms with Gasteiger partial charge >= 0.3 is 6.15 Å². The molecule has 0 saturated heterocycles. The summed E-state index contributed by atoms with van der Waals surface area (Å²) < 4.78 is 5.69. The molecule has 0 amide bonds. The van der Waals surface area contributed by atoms with Crippen LogP contribution in [0.1, 0.15) is 18.1 Å². The largest absolute Gasteiger partial charge is 0.489 e. The van der Waals surface area contributed by atoms with Gasteiger partial charge in [-0.1, -0.05) is 54.9 Å². The van der Waals surface area contributed by atoms with E-state index in [9.17, 15) is 0 Å². The van der Waals surface area contributed by atoms with Crippen LogP contribution in [-0.2, 0) is 22.6 Å². The Labute approximate surface area is 123 Å². The predicted octanol–water partition coefficient (Wildman–Crippen LogP) is 3.90. The summed E-state index contributed by atoms with van der Waals surface area (Å²) in [5.41, 5.74) is 2.31. The Morgan fingerprint density at radius 1 is 1.10 bits per heavy atom. The number of carbonyl (C=O) groups excluding carboxylic acids is 2. The molecule has 0 aliphatic rings. The molecule has 0 heterocycles. The van der Waals surface area contributed by atoms with E-state index in [0.717, 1.165) is 28.3 Å². The molecule has 0 unspecified atom stereocenters. The quantitative estimate of drug-likeness (QED) is 0.858. The molecule has 0 radical (unpaired) electrons. The highest BCUT2D eigenvalue weighted by Gasteiger charge is 2.01. The van der Waals surface area contributed by atoms with Gasteiger partial charge in [-0.3, -0.25) is 0 Å². The van der Waals surface area contributed by atoms with Crippen molar-refractivity contribution in [2.24, 2.45) is 0 Å². The maximum atomic E-state index is 8.12. The normalized spacial score (nSPS) is 9.10. The Kier molecular flexibility index (Phi) is 7.12. The van der Waals surface area contributed by atoms with Crippen LogP contribution in [0, 0.1) is 0 Å². The maximum absolute atomic E-state index is 8.12. The van der Waals surface area contributed by atoms with E-state index in [2.05, 4.69) is 6.92 Å². The van der Waals surface area contributed by atoms with Gasteiger partial charge < -0.3 is 4.74 Å². The fourth-order valence-electron chi connectivity index (χ4n) is 1.65. The minimum absolute atomic E-state index is 0.250. The van der Waals surface area contributed by atoms with E-state index >= 15 is 0 Å². The summed E-state index contributed by atoms with van der Waals surface area (Å²) >= 11 is 6.13. The Morgan fingerprint density at radius 3 is 2.30 bits per heavy atom. The summed E-state index contributed by atoms with van der Waals surface area (Å²) in [6.07, 6.45) is 1.19. The van der Waals surface area contributed by atoms with E-state index in [0.29, 0.717) is 6.61 Å². The van der Waals surface area contributed by atoms with Crippen LogP contribution in [-0.4, -0.2) is 6.15 Å². The van der Waals surface area contributed by atoms with Gasteiger partial charge in [0.25, 0.3) is 0 Å². The van der Waals surface area contributed by atoms with Crippen molar-refractivity contribution in [3.63, 3.8) is 0 Å². The number of rotatable bonds is 4. The number of benzene rings is 2. The molecule has 0 bridgehead atoms. The molecular formula is C16H15ClO3. The Balaban J connectivity index is 0.000000612. The van der Waals surface area contributed by atoms with Gasteiger partial charge in [0.1, 0.15) is 12.4 Å². The average Bonchev–Trinajstić information content (AvgIpc) is 2.47. The van der Waals surface area contributed by atoms with Crippen LogP contribution < -0.4 is 4.74 Å². The molecule has 104 valence electrons. The van der Waals surface area contributed by atoms with E-state index in [1.165, 1.54) is 0 Å². The maximum Gasteiger partial charge on any atom is 0.373 e. The molecule has 3 nitrogen and oxygen atoms in total. The second kappa shape index (κ2) is 8.92. The number of aryl methyl sites for hydroxylation is 1. The second-order valence-electron chi connectivity index (χ2n) is 3.96. The van der Waals surface area contributed by atoms with Crippen molar-refractivity contribution in [3.05, 3.63) is 64.7 Å². The Bertz CT molecular complexity index is 561. The zero-order chi connectivity index (χ0) is 14.8. The first-order chi connectivity index (χ1) is 9.71. The van der Waals surface area contributed by atoms with Crippen molar-refractivity contribution in [2.75, 3.05) is 0 Å². The fourth-order valence-corrected chi connectivity index (χ4v) is 1.95. The van der Waals surface area contributed by atoms with Crippen molar-refractivity contribution >= 4 is 17.8 Å². The van der Waals surface area contributed by atoms with Gasteiger partial charge in [0.2, 0.25) is 0 Å². The third-order valence-electron chi connectivity index (χ3n) is 2.65. The molecule has 0 aliphatic heterocycles. The lowest BCUT2D eigenvalue weighted by Crippen LogP contribution is -1.95. The van der Waals surface area contributed by atoms with Crippen LogP contribution in [0.2, 0.25) is 5.02 Å². The smallest absolute Gasteiger partial charge is 0.373 e. The van der Waals surface area contributed by atoms with Crippen LogP contribution in [0.15, 0.2) is 48.5 Å². The van der Waals surface area contributed by atoms with Crippen LogP contribution in [0.25, 0.3) is 0 Å². The molecule has 2 aromatic carbocycles. The Hall–Kier alpha value is -2.09. The van der Waals surface area contributed by atoms with Crippen LogP contribution in [0.4, 0.5) is 0 Å². The number of hydrogen-bond donors (Lipinski definition) is 0. The van der Waals surface area contributed by atoms with Gasteiger partial charge in [0.15, 0.2) is 0 Å². The zero-order valence-electron chi connectivity index (χ0n) is 11.1. The van der Waals surface area contributed by atoms with Crippen LogP contribution >= 0.6 is 11.6 Å². The molecule has 0 fully saturated rings. The molecule has 2 rings (SSSR count). The van der Waals surface area contributed by atoms with Crippen molar-refractivity contribution < 1.29 is 14.3 Å². The first kappa shape index (κ1) is 16.0. The second-order valence-corrected chi connectivity index (χ2v) is 4.37. The SMILES string of the molecule is CCc1ccc(OCc2ccccc2)cc1Cl.O=C=O. The minimum atomic E-state index is 0.250. The lowest BCUT2D eigenvalue weighted by Gasteiger charge is -2.08. The average molecular weight is 291 g/mol. The molecule has 4 heteroatoms. The first-order valence-electron chi connectivity index (χ1n) is 6.15. The van der Waals surface area contributed by atoms with Gasteiger partial charge in [0, 0.05) is 5.02 Å². The number of ether oxygens (including phenoxy) is 1. The summed E-state index contributed by atoms with van der Waals surface area (Å²) in [6.45, 7) is 2.66. The Morgan fingerprint density at radius 2 is 1.75 bits per heavy atom. The van der Waals surface area contributed by atoms with Gasteiger partial charge in [0.05, 0.1) is 0 Å². The summed E-state index contributed by atoms with van der Waals surface area (Å²) in [5, 5.41) is 0.776. The highest BCUT2D eigenvalue weighted by Crippen LogP contribution is 2.23. The molecule has 20 heavy (non-hydrogen) atoms. The molecule has 0 N–H and O–H groups in total. The standard InChI is InChI=1S/C15H15ClO.CO2/c1-2-13-8-9-14(10-15(13)16)17-11-12-6-4-3-5-7-12;2-1-3/h3-10H,2,11H2,1H3;. The van der Waals surface area contributed by atoms with E-state index in [4.69, 9.17) is 25.9 Å². The summed E-state index contributed by atoms with van der Waals surface area (Å²) in [4.78, 5) is 16.2. The molecular weight excluding hydrogens is 276 g/mol. The third kappa shape index (κ3) is 5.27. The number of hydrogen-bond acceptors (Lipinski definition) is 3. The van der Waals surface area contributed by atoms with E-state index in [1.807, 2.05) is 48.5 Å². The van der Waals surface area contributed by atoms with Gasteiger partial charge in [-0.25, -0.2) is 0 Å². The van der Waals surface area contributed by atoms with Crippen LogP contribution in [0.5, 0.6) is 5.75 Å². The highest BCUT2D eigenvalue weighted by molar-refractivity contribution is 6.31. The highest BCUT2D eigenvalue weighted by atomic mass is 35.5. The topological polar surface area (TPSA) is 43.4 Å². The van der Waals surface area contributed by atoms with Gasteiger partial charge in [-0.2, -0.15) is 9.59 Å². The van der Waals surface area contributed by atoms with E-state index < -0.39 is 0 Å². The van der Waals surface area contributed by atoms with E-state index in [1.54, 1.807) is 0 Å². The summed E-state index contributed by atoms with van der Waals surface area (Å²) in [5.74, 6) is 0.816. The molecule has 2 aromatic rings. The van der Waals surface area contributed by atoms with Gasteiger partial charge in [-0.05, 0) is 29.7 Å². The fraction of sp³-hybridized carbons (Fsp3) is 0.188. The molecule has 0 aliphatic carbocycles. The first-order valence-corrected chi connectivity index (χ1v) is 6.53.